The van der Waals surface area contributed by atoms with Gasteiger partial charge in [0, 0.05) is 16.0 Å². The monoisotopic (exact) mass is 420 g/mol. The molecule has 1 fully saturated rings. The lowest BCUT2D eigenvalue weighted by Crippen LogP contribution is -2.28. The normalized spacial score (nSPS) is 23.1. The van der Waals surface area contributed by atoms with Gasteiger partial charge >= 0.3 is 0 Å². The average molecular weight is 421 g/mol. The molecule has 0 aliphatic carbocycles. The van der Waals surface area contributed by atoms with E-state index in [1.54, 1.807) is 11.8 Å². The number of nitrogens with zero attached hydrogens (tertiary/aromatic N) is 2. The van der Waals surface area contributed by atoms with Crippen LogP contribution in [0.1, 0.15) is 18.1 Å². The van der Waals surface area contributed by atoms with Crippen LogP contribution >= 0.6 is 23.4 Å². The lowest BCUT2D eigenvalue weighted by atomic mass is 10.1. The van der Waals surface area contributed by atoms with E-state index in [4.69, 9.17) is 16.6 Å². The summed E-state index contributed by atoms with van der Waals surface area (Å²) in [4.78, 5) is 6.94. The maximum absolute atomic E-state index is 11.9. The van der Waals surface area contributed by atoms with Gasteiger partial charge in [-0.2, -0.15) is 0 Å². The number of amidine groups is 1. The van der Waals surface area contributed by atoms with Crippen molar-refractivity contribution in [3.63, 3.8) is 0 Å². The molecule has 0 radical (unpaired) electrons. The molecule has 2 heterocycles. The van der Waals surface area contributed by atoms with Crippen LogP contribution in [0.3, 0.4) is 0 Å². The molecule has 2 atom stereocenters. The van der Waals surface area contributed by atoms with E-state index < -0.39 is 9.84 Å². The number of hydrogen-bond acceptors (Lipinski definition) is 5. The minimum absolute atomic E-state index is 0.0294. The molecule has 4 rings (SSSR count). The summed E-state index contributed by atoms with van der Waals surface area (Å²) >= 11 is 7.75. The summed E-state index contributed by atoms with van der Waals surface area (Å²) in [5.41, 5.74) is 3.43. The minimum Gasteiger partial charge on any atom is -0.317 e. The van der Waals surface area contributed by atoms with Crippen LogP contribution in [-0.2, 0) is 22.8 Å². The zero-order valence-corrected chi connectivity index (χ0v) is 17.4. The Hall–Kier alpha value is -1.50. The van der Waals surface area contributed by atoms with Gasteiger partial charge in [0.15, 0.2) is 15.0 Å². The van der Waals surface area contributed by atoms with Gasteiger partial charge in [-0.05, 0) is 41.8 Å². The van der Waals surface area contributed by atoms with Crippen LogP contribution in [0.15, 0.2) is 53.5 Å². The summed E-state index contributed by atoms with van der Waals surface area (Å²) in [6.45, 7) is 2.78. The zero-order chi connectivity index (χ0) is 19.0. The van der Waals surface area contributed by atoms with Crippen molar-refractivity contribution in [2.45, 2.75) is 31.2 Å². The molecule has 4 nitrogen and oxygen atoms in total. The highest BCUT2D eigenvalue weighted by atomic mass is 35.5. The second-order valence-electron chi connectivity index (χ2n) is 6.95. The Morgan fingerprint density at radius 3 is 2.59 bits per heavy atom. The number of anilines is 1. The van der Waals surface area contributed by atoms with E-state index in [9.17, 15) is 8.42 Å². The van der Waals surface area contributed by atoms with Crippen molar-refractivity contribution in [1.82, 2.24) is 0 Å². The Morgan fingerprint density at radius 1 is 1.15 bits per heavy atom. The van der Waals surface area contributed by atoms with Crippen molar-refractivity contribution < 1.29 is 8.42 Å². The van der Waals surface area contributed by atoms with Gasteiger partial charge in [-0.1, -0.05) is 54.6 Å². The van der Waals surface area contributed by atoms with Crippen molar-refractivity contribution in [2.75, 3.05) is 16.4 Å². The molecule has 7 heteroatoms. The number of halogens is 1. The third-order valence-corrected chi connectivity index (χ3v) is 8.40. The smallest absolute Gasteiger partial charge is 0.164 e. The molecule has 2 aromatic carbocycles. The van der Waals surface area contributed by atoms with Crippen LogP contribution in [0.2, 0.25) is 5.02 Å². The molecule has 0 saturated carbocycles. The van der Waals surface area contributed by atoms with E-state index in [1.165, 1.54) is 5.56 Å². The lowest BCUT2D eigenvalue weighted by Gasteiger charge is -2.25. The maximum Gasteiger partial charge on any atom is 0.164 e. The standard InChI is InChI=1S/C20H21ClN2O2S2/c1-2-14-6-8-17(9-7-14)23(11-15-4-3-5-16(21)10-15)20-22-18-12-27(24,25)13-19(18)26-20/h3-10,18-19H,2,11-13H2,1H3/t18-,19-/m1/s1. The Morgan fingerprint density at radius 2 is 1.93 bits per heavy atom. The fraction of sp³-hybridized carbons (Fsp3) is 0.350. The fourth-order valence-electron chi connectivity index (χ4n) is 3.47. The molecule has 0 N–H and O–H groups in total. The number of fused-ring (bicyclic) bond motifs is 1. The van der Waals surface area contributed by atoms with Crippen molar-refractivity contribution in [3.05, 3.63) is 64.7 Å². The zero-order valence-electron chi connectivity index (χ0n) is 15.0. The van der Waals surface area contributed by atoms with Gasteiger partial charge in [-0.3, -0.25) is 4.99 Å². The molecule has 0 aromatic heterocycles. The predicted molar refractivity (Wildman–Crippen MR) is 115 cm³/mol. The highest BCUT2D eigenvalue weighted by molar-refractivity contribution is 8.15. The second-order valence-corrected chi connectivity index (χ2v) is 10.7. The van der Waals surface area contributed by atoms with Crippen molar-refractivity contribution in [2.24, 2.45) is 4.99 Å². The Bertz CT molecular complexity index is 974. The van der Waals surface area contributed by atoms with Crippen LogP contribution in [0.25, 0.3) is 0 Å². The summed E-state index contributed by atoms with van der Waals surface area (Å²) in [6.07, 6.45) is 0.992. The highest BCUT2D eigenvalue weighted by Crippen LogP contribution is 2.37. The molecule has 2 aromatic rings. The quantitative estimate of drug-likeness (QED) is 0.744. The molecule has 27 heavy (non-hydrogen) atoms. The Labute approximate surface area is 169 Å². The van der Waals surface area contributed by atoms with E-state index in [0.29, 0.717) is 11.6 Å². The SMILES string of the molecule is CCc1ccc(N(Cc2cccc(Cl)c2)C2=N[C@@H]3CS(=O)(=O)C[C@H]3S2)cc1. The van der Waals surface area contributed by atoms with Crippen LogP contribution in [0.4, 0.5) is 5.69 Å². The first-order valence-corrected chi connectivity index (χ1v) is 12.1. The maximum atomic E-state index is 11.9. The average Bonchev–Trinajstić information content (AvgIpc) is 3.13. The summed E-state index contributed by atoms with van der Waals surface area (Å²) in [5.74, 6) is 0.378. The first kappa shape index (κ1) is 18.8. The van der Waals surface area contributed by atoms with Crippen molar-refractivity contribution in [1.29, 1.82) is 0 Å². The van der Waals surface area contributed by atoms with Gasteiger partial charge in [0.25, 0.3) is 0 Å². The molecule has 0 amide bonds. The summed E-state index contributed by atoms with van der Waals surface area (Å²) < 4.78 is 23.8. The van der Waals surface area contributed by atoms with Crippen LogP contribution in [0.5, 0.6) is 0 Å². The molecule has 2 aliphatic heterocycles. The molecular weight excluding hydrogens is 400 g/mol. The van der Waals surface area contributed by atoms with E-state index >= 15 is 0 Å². The van der Waals surface area contributed by atoms with Crippen LogP contribution in [-0.4, -0.2) is 36.4 Å². The van der Waals surface area contributed by atoms with E-state index in [1.807, 2.05) is 24.3 Å². The molecule has 2 aliphatic rings. The van der Waals surface area contributed by atoms with Gasteiger partial charge in [-0.15, -0.1) is 0 Å². The Balaban J connectivity index is 1.66. The third kappa shape index (κ3) is 4.18. The molecular formula is C20H21ClN2O2S2. The van der Waals surface area contributed by atoms with Crippen molar-refractivity contribution >= 4 is 44.1 Å². The van der Waals surface area contributed by atoms with Gasteiger partial charge in [0.1, 0.15) is 0 Å². The topological polar surface area (TPSA) is 49.7 Å². The number of sulfone groups is 1. The highest BCUT2D eigenvalue weighted by Gasteiger charge is 2.44. The molecule has 0 unspecified atom stereocenters. The number of rotatable bonds is 4. The molecule has 142 valence electrons. The number of aliphatic imine (C=N–C) groups is 1. The van der Waals surface area contributed by atoms with Crippen LogP contribution < -0.4 is 4.90 Å². The largest absolute Gasteiger partial charge is 0.317 e. The van der Waals surface area contributed by atoms with Crippen LogP contribution in [0, 0.1) is 0 Å². The number of hydrogen-bond donors (Lipinski definition) is 0. The van der Waals surface area contributed by atoms with E-state index in [2.05, 4.69) is 36.1 Å². The number of thioether (sulfide) groups is 1. The first-order valence-electron chi connectivity index (χ1n) is 8.99. The second kappa shape index (κ2) is 7.49. The summed E-state index contributed by atoms with van der Waals surface area (Å²) in [6, 6.07) is 16.2. The van der Waals surface area contributed by atoms with Gasteiger partial charge in [-0.25, -0.2) is 8.42 Å². The van der Waals surface area contributed by atoms with Gasteiger partial charge in [0.05, 0.1) is 24.1 Å². The number of aryl methyl sites for hydroxylation is 1. The fourth-order valence-corrected chi connectivity index (χ4v) is 7.46. The van der Waals surface area contributed by atoms with Crippen molar-refractivity contribution in [3.8, 4) is 0 Å². The summed E-state index contributed by atoms with van der Waals surface area (Å²) in [5, 5.41) is 1.63. The number of benzene rings is 2. The van der Waals surface area contributed by atoms with Gasteiger partial charge in [0.2, 0.25) is 0 Å². The summed E-state index contributed by atoms with van der Waals surface area (Å²) in [7, 11) is -2.96. The first-order chi connectivity index (χ1) is 12.9. The van der Waals surface area contributed by atoms with E-state index in [0.717, 1.165) is 22.8 Å². The molecule has 0 bridgehead atoms. The lowest BCUT2D eigenvalue weighted by molar-refractivity contribution is 0.601. The Kier molecular flexibility index (Phi) is 5.23. The molecule has 0 spiro atoms. The minimum atomic E-state index is -2.96. The third-order valence-electron chi connectivity index (χ3n) is 4.92. The predicted octanol–water partition coefficient (Wildman–Crippen LogP) is 4.18. The molecule has 1 saturated heterocycles. The van der Waals surface area contributed by atoms with E-state index in [-0.39, 0.29) is 22.8 Å². The van der Waals surface area contributed by atoms with Gasteiger partial charge < -0.3 is 4.90 Å².